The Balaban J connectivity index is 1.76. The number of nitrogens with zero attached hydrogens (tertiary/aromatic N) is 5. The van der Waals surface area contributed by atoms with Crippen LogP contribution in [0.3, 0.4) is 0 Å². The van der Waals surface area contributed by atoms with Crippen molar-refractivity contribution in [2.75, 3.05) is 43.1 Å². The zero-order chi connectivity index (χ0) is 20.0. The second-order valence-electron chi connectivity index (χ2n) is 7.98. The van der Waals surface area contributed by atoms with Gasteiger partial charge in [-0.1, -0.05) is 6.08 Å². The largest absolute Gasteiger partial charge is 0.378 e. The number of thiophene rings is 1. The second-order valence-corrected chi connectivity index (χ2v) is 8.98. The van der Waals surface area contributed by atoms with E-state index in [4.69, 9.17) is 14.5 Å². The number of fused-ring (bicyclic) bond motifs is 5. The molecule has 0 bridgehead atoms. The molecule has 0 unspecified atom stereocenters. The molecule has 1 fully saturated rings. The predicted octanol–water partition coefficient (Wildman–Crippen LogP) is 2.92. The Morgan fingerprint density at radius 1 is 1.24 bits per heavy atom. The van der Waals surface area contributed by atoms with Gasteiger partial charge in [0.1, 0.15) is 20.9 Å². The minimum atomic E-state index is -0.234. The minimum absolute atomic E-state index is 0.234. The molecule has 0 aromatic carbocycles. The molecule has 1 N–H and O–H groups in total. The molecular weight excluding hydrogens is 388 g/mol. The van der Waals surface area contributed by atoms with Gasteiger partial charge in [-0.2, -0.15) is 0 Å². The molecule has 152 valence electrons. The van der Waals surface area contributed by atoms with Crippen molar-refractivity contribution >= 4 is 43.4 Å². The van der Waals surface area contributed by atoms with E-state index in [0.29, 0.717) is 13.2 Å². The van der Waals surface area contributed by atoms with Crippen molar-refractivity contribution in [2.45, 2.75) is 32.5 Å². The van der Waals surface area contributed by atoms with Gasteiger partial charge in [0, 0.05) is 37.0 Å². The van der Waals surface area contributed by atoms with Gasteiger partial charge in [0.2, 0.25) is 0 Å². The Morgan fingerprint density at radius 2 is 2.07 bits per heavy atom. The van der Waals surface area contributed by atoms with E-state index in [9.17, 15) is 0 Å². The van der Waals surface area contributed by atoms with Crippen LogP contribution < -0.4 is 10.2 Å². The molecule has 5 heterocycles. The number of pyridine rings is 1. The van der Waals surface area contributed by atoms with Crippen molar-refractivity contribution in [2.24, 2.45) is 0 Å². The molecule has 9 heteroatoms. The maximum absolute atomic E-state index is 6.17. The Bertz CT molecular complexity index is 1090. The molecule has 5 rings (SSSR count). The molecule has 1 saturated heterocycles. The van der Waals surface area contributed by atoms with Crippen LogP contribution >= 0.6 is 11.3 Å². The Hall–Kier alpha value is -2.36. The lowest BCUT2D eigenvalue weighted by molar-refractivity contribution is -0.0396. The van der Waals surface area contributed by atoms with Crippen LogP contribution in [0.1, 0.15) is 25.0 Å². The van der Waals surface area contributed by atoms with Crippen LogP contribution in [0.25, 0.3) is 20.4 Å². The Morgan fingerprint density at radius 3 is 2.86 bits per heavy atom. The van der Waals surface area contributed by atoms with Gasteiger partial charge in [-0.3, -0.25) is 0 Å². The third-order valence-corrected chi connectivity index (χ3v) is 6.53. The van der Waals surface area contributed by atoms with E-state index < -0.39 is 0 Å². The average Bonchev–Trinajstić information content (AvgIpc) is 3.11. The van der Waals surface area contributed by atoms with E-state index >= 15 is 0 Å². The number of rotatable bonds is 4. The van der Waals surface area contributed by atoms with Gasteiger partial charge in [0.25, 0.3) is 0 Å². The highest BCUT2D eigenvalue weighted by atomic mass is 32.1. The first-order chi connectivity index (χ1) is 14.1. The number of hydrogen-bond donors (Lipinski definition) is 1. The fourth-order valence-corrected chi connectivity index (χ4v) is 5.13. The lowest BCUT2D eigenvalue weighted by atomic mass is 9.90. The van der Waals surface area contributed by atoms with Gasteiger partial charge in [0.15, 0.2) is 5.82 Å². The van der Waals surface area contributed by atoms with Crippen molar-refractivity contribution in [3.8, 4) is 0 Å². The van der Waals surface area contributed by atoms with Crippen molar-refractivity contribution in [3.63, 3.8) is 0 Å². The molecule has 3 aromatic rings. The summed E-state index contributed by atoms with van der Waals surface area (Å²) in [7, 11) is 0. The third-order valence-electron chi connectivity index (χ3n) is 5.45. The van der Waals surface area contributed by atoms with E-state index in [-0.39, 0.29) is 5.60 Å². The lowest BCUT2D eigenvalue weighted by Crippen LogP contribution is -2.39. The number of anilines is 2. The van der Waals surface area contributed by atoms with Gasteiger partial charge < -0.3 is 19.7 Å². The SMILES string of the molecule is C=CCNc1nnnc2c1sc1nc(N3CCOCC3)c3c(c12)CC(C)(C)OC3. The summed E-state index contributed by atoms with van der Waals surface area (Å²) in [4.78, 5) is 8.37. The molecule has 2 aliphatic heterocycles. The summed E-state index contributed by atoms with van der Waals surface area (Å²) in [5.74, 6) is 1.74. The van der Waals surface area contributed by atoms with Crippen LogP contribution in [0.5, 0.6) is 0 Å². The third kappa shape index (κ3) is 3.23. The summed E-state index contributed by atoms with van der Waals surface area (Å²) < 4.78 is 12.7. The highest BCUT2D eigenvalue weighted by molar-refractivity contribution is 7.26. The summed E-state index contributed by atoms with van der Waals surface area (Å²) >= 11 is 1.62. The first-order valence-electron chi connectivity index (χ1n) is 9.86. The maximum atomic E-state index is 6.17. The molecule has 0 amide bonds. The van der Waals surface area contributed by atoms with E-state index in [1.54, 1.807) is 17.4 Å². The van der Waals surface area contributed by atoms with Crippen molar-refractivity contribution in [1.82, 2.24) is 20.4 Å². The smallest absolute Gasteiger partial charge is 0.170 e. The Labute approximate surface area is 172 Å². The molecular formula is C20H24N6O2S. The Kier molecular flexibility index (Phi) is 4.60. The number of morpholine rings is 1. The normalized spacial score (nSPS) is 18.8. The van der Waals surface area contributed by atoms with E-state index in [0.717, 1.165) is 70.4 Å². The van der Waals surface area contributed by atoms with E-state index in [2.05, 4.69) is 46.1 Å². The molecule has 2 aliphatic rings. The maximum Gasteiger partial charge on any atom is 0.170 e. The van der Waals surface area contributed by atoms with E-state index in [1.807, 2.05) is 0 Å². The number of hydrogen-bond acceptors (Lipinski definition) is 9. The summed E-state index contributed by atoms with van der Waals surface area (Å²) in [5, 5.41) is 17.0. The van der Waals surface area contributed by atoms with Crippen LogP contribution in [0, 0.1) is 0 Å². The zero-order valence-electron chi connectivity index (χ0n) is 16.7. The van der Waals surface area contributed by atoms with Gasteiger partial charge in [-0.15, -0.1) is 28.1 Å². The zero-order valence-corrected chi connectivity index (χ0v) is 17.5. The van der Waals surface area contributed by atoms with Crippen LogP contribution in [-0.4, -0.2) is 58.8 Å². The van der Waals surface area contributed by atoms with E-state index in [1.165, 1.54) is 5.56 Å². The average molecular weight is 413 g/mol. The molecule has 0 aliphatic carbocycles. The summed E-state index contributed by atoms with van der Waals surface area (Å²) in [5.41, 5.74) is 3.07. The molecule has 3 aromatic heterocycles. The number of ether oxygens (including phenoxy) is 2. The highest BCUT2D eigenvalue weighted by Gasteiger charge is 2.33. The van der Waals surface area contributed by atoms with Gasteiger partial charge in [-0.25, -0.2) is 4.98 Å². The first kappa shape index (κ1) is 18.7. The highest BCUT2D eigenvalue weighted by Crippen LogP contribution is 2.43. The quantitative estimate of drug-likeness (QED) is 0.655. The van der Waals surface area contributed by atoms with Crippen LogP contribution in [0.15, 0.2) is 12.7 Å². The van der Waals surface area contributed by atoms with Crippen molar-refractivity contribution < 1.29 is 9.47 Å². The fraction of sp³-hybridized carbons (Fsp3) is 0.500. The molecule has 0 spiro atoms. The lowest BCUT2D eigenvalue weighted by Gasteiger charge is -2.36. The molecule has 0 saturated carbocycles. The topological polar surface area (TPSA) is 85.3 Å². The van der Waals surface area contributed by atoms with Crippen LogP contribution in [0.2, 0.25) is 0 Å². The summed E-state index contributed by atoms with van der Waals surface area (Å²) in [6.45, 7) is 12.3. The predicted molar refractivity (Wildman–Crippen MR) is 115 cm³/mol. The molecule has 8 nitrogen and oxygen atoms in total. The molecule has 0 atom stereocenters. The summed E-state index contributed by atoms with van der Waals surface area (Å²) in [6.07, 6.45) is 2.61. The molecule has 29 heavy (non-hydrogen) atoms. The first-order valence-corrected chi connectivity index (χ1v) is 10.7. The van der Waals surface area contributed by atoms with Crippen LogP contribution in [-0.2, 0) is 22.5 Å². The standard InChI is InChI=1S/C20H24N6O2S/c1-4-5-21-17-16-15(23-25-24-17)14-12-10-20(2,3)28-11-13(12)18(22-19(14)29-16)26-6-8-27-9-7-26/h4H,1,5-11H2,2-3H3,(H,21,23,24). The van der Waals surface area contributed by atoms with Gasteiger partial charge in [0.05, 0.1) is 25.4 Å². The second kappa shape index (κ2) is 7.16. The van der Waals surface area contributed by atoms with Crippen LogP contribution in [0.4, 0.5) is 11.6 Å². The number of aromatic nitrogens is 4. The van der Waals surface area contributed by atoms with Crippen molar-refractivity contribution in [3.05, 3.63) is 23.8 Å². The van der Waals surface area contributed by atoms with Gasteiger partial charge >= 0.3 is 0 Å². The summed E-state index contributed by atoms with van der Waals surface area (Å²) in [6, 6.07) is 0. The minimum Gasteiger partial charge on any atom is -0.378 e. The fourth-order valence-electron chi connectivity index (χ4n) is 4.04. The van der Waals surface area contributed by atoms with Crippen molar-refractivity contribution in [1.29, 1.82) is 0 Å². The monoisotopic (exact) mass is 412 g/mol. The number of nitrogens with one attached hydrogen (secondary N) is 1. The van der Waals surface area contributed by atoms with Gasteiger partial charge in [-0.05, 0) is 24.6 Å². The molecule has 0 radical (unpaired) electrons.